The Morgan fingerprint density at radius 2 is 1.88 bits per heavy atom. The highest BCUT2D eigenvalue weighted by Gasteiger charge is 2.38. The molecule has 0 atom stereocenters. The van der Waals surface area contributed by atoms with Crippen LogP contribution in [0.15, 0.2) is 36.5 Å². The van der Waals surface area contributed by atoms with Crippen molar-refractivity contribution in [2.45, 2.75) is 12.8 Å². The largest absolute Gasteiger partial charge is 0.381 e. The fourth-order valence-electron chi connectivity index (χ4n) is 3.90. The minimum atomic E-state index is 0.0134. The molecule has 2 aromatic rings. The van der Waals surface area contributed by atoms with Crippen LogP contribution in [-0.4, -0.2) is 60.1 Å². The molecule has 1 aromatic heterocycles. The number of rotatable bonds is 2. The van der Waals surface area contributed by atoms with Crippen LogP contribution in [0.3, 0.4) is 0 Å². The van der Waals surface area contributed by atoms with Gasteiger partial charge in [0.15, 0.2) is 0 Å². The summed E-state index contributed by atoms with van der Waals surface area (Å²) in [5.41, 5.74) is 2.37. The second-order valence-corrected chi connectivity index (χ2v) is 7.32. The SMILES string of the molecule is Cn1cc(C(=O)N2CCOCC3(CCOCC3)C2)c(-c2ccccc2)n1. The molecular formula is C20H25N3O3. The van der Waals surface area contributed by atoms with Crippen LogP contribution >= 0.6 is 0 Å². The lowest BCUT2D eigenvalue weighted by atomic mass is 9.80. The van der Waals surface area contributed by atoms with Crippen molar-refractivity contribution in [2.75, 3.05) is 39.5 Å². The zero-order chi connectivity index (χ0) is 18.0. The van der Waals surface area contributed by atoms with Gasteiger partial charge in [0.25, 0.3) is 5.91 Å². The molecule has 0 radical (unpaired) electrons. The van der Waals surface area contributed by atoms with E-state index in [2.05, 4.69) is 5.10 Å². The molecule has 26 heavy (non-hydrogen) atoms. The van der Waals surface area contributed by atoms with Gasteiger partial charge in [-0.1, -0.05) is 30.3 Å². The second kappa shape index (κ2) is 7.21. The molecule has 6 heteroatoms. The van der Waals surface area contributed by atoms with Gasteiger partial charge >= 0.3 is 0 Å². The van der Waals surface area contributed by atoms with Gasteiger partial charge in [-0.05, 0) is 12.8 Å². The number of amides is 1. The number of hydrogen-bond acceptors (Lipinski definition) is 4. The molecule has 2 fully saturated rings. The van der Waals surface area contributed by atoms with Crippen molar-refractivity contribution in [3.8, 4) is 11.3 Å². The number of aryl methyl sites for hydroxylation is 1. The first-order valence-corrected chi connectivity index (χ1v) is 9.21. The van der Waals surface area contributed by atoms with Crippen LogP contribution in [0.25, 0.3) is 11.3 Å². The van der Waals surface area contributed by atoms with E-state index in [0.29, 0.717) is 25.3 Å². The number of carbonyl (C=O) groups is 1. The first-order valence-electron chi connectivity index (χ1n) is 9.21. The Kier molecular flexibility index (Phi) is 4.78. The smallest absolute Gasteiger partial charge is 0.257 e. The Balaban J connectivity index is 1.63. The summed E-state index contributed by atoms with van der Waals surface area (Å²) in [4.78, 5) is 15.3. The highest BCUT2D eigenvalue weighted by Crippen LogP contribution is 2.34. The third-order valence-electron chi connectivity index (χ3n) is 5.39. The Hall–Kier alpha value is -2.18. The molecule has 0 unspecified atom stereocenters. The summed E-state index contributed by atoms with van der Waals surface area (Å²) in [6, 6.07) is 9.88. The van der Waals surface area contributed by atoms with Gasteiger partial charge in [0, 0.05) is 50.5 Å². The fraction of sp³-hybridized carbons (Fsp3) is 0.500. The standard InChI is InChI=1S/C20H25N3O3/c1-22-13-17(18(21-22)16-5-3-2-4-6-16)19(24)23-9-12-26-15-20(14-23)7-10-25-11-8-20/h2-6,13H,7-12,14-15H2,1H3. The molecule has 2 saturated heterocycles. The maximum Gasteiger partial charge on any atom is 0.257 e. The van der Waals surface area contributed by atoms with Gasteiger partial charge < -0.3 is 14.4 Å². The lowest BCUT2D eigenvalue weighted by molar-refractivity contribution is -0.0304. The molecule has 4 rings (SSSR count). The van der Waals surface area contributed by atoms with E-state index < -0.39 is 0 Å². The van der Waals surface area contributed by atoms with Crippen LogP contribution in [0.5, 0.6) is 0 Å². The average molecular weight is 355 g/mol. The molecule has 0 saturated carbocycles. The molecule has 1 amide bonds. The molecule has 0 aliphatic carbocycles. The molecule has 3 heterocycles. The fourth-order valence-corrected chi connectivity index (χ4v) is 3.90. The van der Waals surface area contributed by atoms with E-state index in [1.165, 1.54) is 0 Å². The van der Waals surface area contributed by atoms with Crippen molar-refractivity contribution in [3.05, 3.63) is 42.1 Å². The van der Waals surface area contributed by atoms with E-state index in [1.807, 2.05) is 48.5 Å². The number of hydrogen-bond donors (Lipinski definition) is 0. The van der Waals surface area contributed by atoms with E-state index in [0.717, 1.165) is 43.9 Å². The van der Waals surface area contributed by atoms with Crippen LogP contribution in [0.2, 0.25) is 0 Å². The predicted octanol–water partition coefficient (Wildman–Crippen LogP) is 2.36. The Bertz CT molecular complexity index is 766. The van der Waals surface area contributed by atoms with E-state index >= 15 is 0 Å². The summed E-state index contributed by atoms with van der Waals surface area (Å²) in [5.74, 6) is 0.0355. The third kappa shape index (κ3) is 3.39. The maximum atomic E-state index is 13.4. The molecule has 2 aliphatic heterocycles. The van der Waals surface area contributed by atoms with Gasteiger partial charge in [0.05, 0.1) is 18.8 Å². The van der Waals surface area contributed by atoms with Crippen LogP contribution in [0, 0.1) is 5.41 Å². The Morgan fingerprint density at radius 1 is 1.12 bits per heavy atom. The van der Waals surface area contributed by atoms with Gasteiger partial charge in [0.2, 0.25) is 0 Å². The summed E-state index contributed by atoms with van der Waals surface area (Å²) in [7, 11) is 1.86. The van der Waals surface area contributed by atoms with Crippen molar-refractivity contribution >= 4 is 5.91 Å². The van der Waals surface area contributed by atoms with E-state index in [4.69, 9.17) is 9.47 Å². The van der Waals surface area contributed by atoms with Crippen LogP contribution < -0.4 is 0 Å². The summed E-state index contributed by atoms with van der Waals surface area (Å²) in [6.45, 7) is 4.11. The van der Waals surface area contributed by atoms with Gasteiger partial charge in [-0.25, -0.2) is 0 Å². The van der Waals surface area contributed by atoms with Crippen LogP contribution in [-0.2, 0) is 16.5 Å². The monoisotopic (exact) mass is 355 g/mol. The van der Waals surface area contributed by atoms with Gasteiger partial charge in [-0.3, -0.25) is 9.48 Å². The Morgan fingerprint density at radius 3 is 2.65 bits per heavy atom. The molecule has 138 valence electrons. The minimum absolute atomic E-state index is 0.0134. The molecular weight excluding hydrogens is 330 g/mol. The topological polar surface area (TPSA) is 56.6 Å². The van der Waals surface area contributed by atoms with Gasteiger partial charge in [-0.15, -0.1) is 0 Å². The minimum Gasteiger partial charge on any atom is -0.381 e. The average Bonchev–Trinajstić information content (AvgIpc) is 2.95. The quantitative estimate of drug-likeness (QED) is 0.830. The van der Waals surface area contributed by atoms with Gasteiger partial charge in [0.1, 0.15) is 5.69 Å². The van der Waals surface area contributed by atoms with E-state index in [1.54, 1.807) is 4.68 Å². The van der Waals surface area contributed by atoms with Crippen LogP contribution in [0.4, 0.5) is 0 Å². The summed E-state index contributed by atoms with van der Waals surface area (Å²) >= 11 is 0. The van der Waals surface area contributed by atoms with Crippen molar-refractivity contribution in [1.82, 2.24) is 14.7 Å². The number of benzene rings is 1. The number of nitrogens with zero attached hydrogens (tertiary/aromatic N) is 3. The molecule has 6 nitrogen and oxygen atoms in total. The first kappa shape index (κ1) is 17.2. The lowest BCUT2D eigenvalue weighted by Gasteiger charge is -2.38. The van der Waals surface area contributed by atoms with Crippen LogP contribution in [0.1, 0.15) is 23.2 Å². The Labute approximate surface area is 153 Å². The van der Waals surface area contributed by atoms with Crippen molar-refractivity contribution < 1.29 is 14.3 Å². The maximum absolute atomic E-state index is 13.4. The third-order valence-corrected chi connectivity index (χ3v) is 5.39. The molecule has 0 N–H and O–H groups in total. The van der Waals surface area contributed by atoms with E-state index in [-0.39, 0.29) is 11.3 Å². The highest BCUT2D eigenvalue weighted by molar-refractivity contribution is 5.99. The lowest BCUT2D eigenvalue weighted by Crippen LogP contribution is -2.44. The molecule has 0 bridgehead atoms. The van der Waals surface area contributed by atoms with Crippen molar-refractivity contribution in [1.29, 1.82) is 0 Å². The van der Waals surface area contributed by atoms with Crippen molar-refractivity contribution in [3.63, 3.8) is 0 Å². The second-order valence-electron chi connectivity index (χ2n) is 7.32. The molecule has 1 spiro atoms. The predicted molar refractivity (Wildman–Crippen MR) is 97.9 cm³/mol. The zero-order valence-corrected chi connectivity index (χ0v) is 15.2. The summed E-state index contributed by atoms with van der Waals surface area (Å²) < 4.78 is 13.1. The molecule has 2 aliphatic rings. The molecule has 1 aromatic carbocycles. The van der Waals surface area contributed by atoms with Gasteiger partial charge in [-0.2, -0.15) is 5.10 Å². The normalized spacial score (nSPS) is 20.1. The van der Waals surface area contributed by atoms with E-state index in [9.17, 15) is 4.79 Å². The highest BCUT2D eigenvalue weighted by atomic mass is 16.5. The van der Waals surface area contributed by atoms with Crippen molar-refractivity contribution in [2.24, 2.45) is 12.5 Å². The zero-order valence-electron chi connectivity index (χ0n) is 15.2. The number of ether oxygens (including phenoxy) is 2. The summed E-state index contributed by atoms with van der Waals surface area (Å²) in [6.07, 6.45) is 3.71. The number of carbonyl (C=O) groups excluding carboxylic acids is 1. The first-order chi connectivity index (χ1) is 12.7. The number of aromatic nitrogens is 2. The summed E-state index contributed by atoms with van der Waals surface area (Å²) in [5, 5.41) is 4.54.